The minimum absolute atomic E-state index is 0.284. The fraction of sp³-hybridized carbons (Fsp3) is 0.105. The highest BCUT2D eigenvalue weighted by molar-refractivity contribution is 5.92. The van der Waals surface area contributed by atoms with Gasteiger partial charge in [0.15, 0.2) is 17.3 Å². The van der Waals surface area contributed by atoms with E-state index in [1.54, 1.807) is 32.4 Å². The Balaban J connectivity index is 1.68. The van der Waals surface area contributed by atoms with Crippen LogP contribution in [0.25, 0.3) is 22.2 Å². The number of benzene rings is 2. The highest BCUT2D eigenvalue weighted by atomic mass is 19.1. The number of halogens is 1. The number of hydrogen-bond donors (Lipinski definition) is 2. The first kappa shape index (κ1) is 16.8. The molecule has 2 aromatic heterocycles. The van der Waals surface area contributed by atoms with E-state index in [1.807, 2.05) is 12.1 Å². The Morgan fingerprint density at radius 1 is 0.963 bits per heavy atom. The molecule has 0 unspecified atom stereocenters. The van der Waals surface area contributed by atoms with Gasteiger partial charge in [-0.05, 0) is 35.9 Å². The van der Waals surface area contributed by atoms with Gasteiger partial charge in [-0.3, -0.25) is 5.10 Å². The normalized spacial score (nSPS) is 10.8. The molecule has 8 heteroatoms. The molecule has 4 aromatic rings. The maximum Gasteiger partial charge on any atom is 0.162 e. The molecule has 0 amide bonds. The minimum Gasteiger partial charge on any atom is -0.493 e. The number of aromatic nitrogens is 4. The van der Waals surface area contributed by atoms with E-state index in [1.165, 1.54) is 18.5 Å². The van der Waals surface area contributed by atoms with Crippen LogP contribution in [0.1, 0.15) is 0 Å². The van der Waals surface area contributed by atoms with Crippen LogP contribution in [0.4, 0.5) is 16.0 Å². The summed E-state index contributed by atoms with van der Waals surface area (Å²) in [5.74, 6) is 2.04. The number of rotatable bonds is 5. The van der Waals surface area contributed by atoms with E-state index in [9.17, 15) is 4.39 Å². The Morgan fingerprint density at radius 2 is 1.70 bits per heavy atom. The fourth-order valence-corrected chi connectivity index (χ4v) is 2.77. The number of nitrogens with zero attached hydrogens (tertiary/aromatic N) is 3. The fourth-order valence-electron chi connectivity index (χ4n) is 2.77. The van der Waals surface area contributed by atoms with Gasteiger partial charge in [0, 0.05) is 17.5 Å². The van der Waals surface area contributed by atoms with Crippen LogP contribution in [0, 0.1) is 5.82 Å². The van der Waals surface area contributed by atoms with Gasteiger partial charge in [-0.15, -0.1) is 0 Å². The Labute approximate surface area is 154 Å². The van der Waals surface area contributed by atoms with Gasteiger partial charge in [-0.25, -0.2) is 14.4 Å². The first-order valence-corrected chi connectivity index (χ1v) is 8.13. The van der Waals surface area contributed by atoms with Crippen molar-refractivity contribution in [3.05, 3.63) is 54.6 Å². The van der Waals surface area contributed by atoms with E-state index < -0.39 is 0 Å². The Morgan fingerprint density at radius 3 is 2.44 bits per heavy atom. The van der Waals surface area contributed by atoms with E-state index in [2.05, 4.69) is 25.5 Å². The zero-order valence-electron chi connectivity index (χ0n) is 14.7. The van der Waals surface area contributed by atoms with Crippen LogP contribution in [0.15, 0.2) is 48.8 Å². The molecular weight excluding hydrogens is 349 g/mol. The number of aromatic amines is 1. The topological polar surface area (TPSA) is 85.0 Å². The van der Waals surface area contributed by atoms with Crippen molar-refractivity contribution < 1.29 is 13.9 Å². The molecule has 0 radical (unpaired) electrons. The number of H-pyrrole nitrogens is 1. The van der Waals surface area contributed by atoms with E-state index in [4.69, 9.17) is 9.47 Å². The van der Waals surface area contributed by atoms with Crippen molar-refractivity contribution in [2.24, 2.45) is 0 Å². The molecule has 0 aliphatic rings. The summed E-state index contributed by atoms with van der Waals surface area (Å²) in [5.41, 5.74) is 2.30. The smallest absolute Gasteiger partial charge is 0.162 e. The number of anilines is 2. The summed E-state index contributed by atoms with van der Waals surface area (Å²) in [4.78, 5) is 8.58. The molecule has 0 fully saturated rings. The second-order valence-corrected chi connectivity index (χ2v) is 5.75. The Hall–Kier alpha value is -3.68. The van der Waals surface area contributed by atoms with Crippen LogP contribution in [0.3, 0.4) is 0 Å². The highest BCUT2D eigenvalue weighted by Crippen LogP contribution is 2.34. The van der Waals surface area contributed by atoms with Crippen molar-refractivity contribution in [2.75, 3.05) is 19.5 Å². The number of methoxy groups -OCH3 is 2. The Bertz CT molecular complexity index is 1100. The summed E-state index contributed by atoms with van der Waals surface area (Å²) in [7, 11) is 3.15. The van der Waals surface area contributed by atoms with Gasteiger partial charge < -0.3 is 14.8 Å². The lowest BCUT2D eigenvalue weighted by molar-refractivity contribution is 0.356. The minimum atomic E-state index is -0.284. The van der Waals surface area contributed by atoms with Gasteiger partial charge in [0.05, 0.1) is 25.4 Å². The maximum absolute atomic E-state index is 13.1. The largest absolute Gasteiger partial charge is 0.493 e. The number of hydrogen-bond acceptors (Lipinski definition) is 6. The first-order chi connectivity index (χ1) is 13.2. The molecule has 0 aliphatic carbocycles. The zero-order valence-corrected chi connectivity index (χ0v) is 14.7. The van der Waals surface area contributed by atoms with Gasteiger partial charge in [0.2, 0.25) is 0 Å². The summed E-state index contributed by atoms with van der Waals surface area (Å²) in [6.07, 6.45) is 1.46. The quantitative estimate of drug-likeness (QED) is 0.558. The van der Waals surface area contributed by atoms with Crippen molar-refractivity contribution in [1.29, 1.82) is 0 Å². The van der Waals surface area contributed by atoms with E-state index in [0.717, 1.165) is 16.6 Å². The van der Waals surface area contributed by atoms with Crippen molar-refractivity contribution in [2.45, 2.75) is 0 Å². The Kier molecular flexibility index (Phi) is 4.29. The lowest BCUT2D eigenvalue weighted by Gasteiger charge is -2.11. The van der Waals surface area contributed by atoms with Crippen molar-refractivity contribution >= 4 is 22.5 Å². The summed E-state index contributed by atoms with van der Waals surface area (Å²) in [6.45, 7) is 0. The molecule has 27 heavy (non-hydrogen) atoms. The molecule has 0 saturated carbocycles. The number of fused-ring (bicyclic) bond motifs is 1. The molecule has 2 N–H and O–H groups in total. The van der Waals surface area contributed by atoms with E-state index in [0.29, 0.717) is 28.7 Å². The molecule has 136 valence electrons. The molecule has 0 spiro atoms. The van der Waals surface area contributed by atoms with E-state index in [-0.39, 0.29) is 5.82 Å². The zero-order chi connectivity index (χ0) is 18.8. The third kappa shape index (κ3) is 3.24. The second kappa shape index (κ2) is 6.91. The predicted octanol–water partition coefficient (Wildman–Crippen LogP) is 3.92. The molecule has 2 heterocycles. The second-order valence-electron chi connectivity index (χ2n) is 5.75. The van der Waals surface area contributed by atoms with Gasteiger partial charge in [-0.2, -0.15) is 5.10 Å². The van der Waals surface area contributed by atoms with Crippen LogP contribution in [0.5, 0.6) is 11.5 Å². The number of ether oxygens (including phenoxy) is 2. The van der Waals surface area contributed by atoms with Crippen molar-refractivity contribution in [3.63, 3.8) is 0 Å². The molecule has 4 rings (SSSR count). The SMILES string of the molecule is COc1cc2ncnc(Nc3cc(-c4ccc(F)cc4)[nH]n3)c2cc1OC. The van der Waals surface area contributed by atoms with Crippen molar-refractivity contribution in [3.8, 4) is 22.8 Å². The van der Waals surface area contributed by atoms with Crippen LogP contribution in [-0.4, -0.2) is 34.4 Å². The average Bonchev–Trinajstić information content (AvgIpc) is 3.16. The first-order valence-electron chi connectivity index (χ1n) is 8.13. The monoisotopic (exact) mass is 365 g/mol. The van der Waals surface area contributed by atoms with Gasteiger partial charge in [0.25, 0.3) is 0 Å². The highest BCUT2D eigenvalue weighted by Gasteiger charge is 2.12. The van der Waals surface area contributed by atoms with Crippen LogP contribution in [0.2, 0.25) is 0 Å². The lowest BCUT2D eigenvalue weighted by atomic mass is 10.1. The van der Waals surface area contributed by atoms with E-state index >= 15 is 0 Å². The van der Waals surface area contributed by atoms with Gasteiger partial charge >= 0.3 is 0 Å². The van der Waals surface area contributed by atoms with Gasteiger partial charge in [0.1, 0.15) is 18.0 Å². The van der Waals surface area contributed by atoms with Crippen molar-refractivity contribution in [1.82, 2.24) is 20.2 Å². The molecule has 7 nitrogen and oxygen atoms in total. The molecule has 0 bridgehead atoms. The lowest BCUT2D eigenvalue weighted by Crippen LogP contribution is -1.98. The maximum atomic E-state index is 13.1. The third-order valence-corrected chi connectivity index (χ3v) is 4.12. The van der Waals surface area contributed by atoms with Gasteiger partial charge in [-0.1, -0.05) is 0 Å². The molecule has 0 saturated heterocycles. The molecular formula is C19H16FN5O2. The van der Waals surface area contributed by atoms with Crippen LogP contribution >= 0.6 is 0 Å². The van der Waals surface area contributed by atoms with Crippen LogP contribution < -0.4 is 14.8 Å². The molecule has 2 aromatic carbocycles. The summed E-state index contributed by atoms with van der Waals surface area (Å²) < 4.78 is 23.8. The third-order valence-electron chi connectivity index (χ3n) is 4.12. The number of nitrogens with one attached hydrogen (secondary N) is 2. The summed E-state index contributed by atoms with van der Waals surface area (Å²) in [6, 6.07) is 11.6. The summed E-state index contributed by atoms with van der Waals surface area (Å²) in [5, 5.41) is 11.1. The standard InChI is InChI=1S/C19H16FN5O2/c1-26-16-7-13-15(8-17(16)27-2)21-10-22-19(13)23-18-9-14(24-25-18)11-3-5-12(20)6-4-11/h3-10H,1-2H3,(H2,21,22,23,24,25). The van der Waals surface area contributed by atoms with Crippen LogP contribution in [-0.2, 0) is 0 Å². The molecule has 0 atom stereocenters. The molecule has 0 aliphatic heterocycles. The predicted molar refractivity (Wildman–Crippen MR) is 99.9 cm³/mol. The summed E-state index contributed by atoms with van der Waals surface area (Å²) >= 11 is 0. The average molecular weight is 365 g/mol.